The SMILES string of the molecule is CCCNC[C@]1(O)[C@H](C)O[C@@H](O[C@H]2[C@H](C)[C@@H](O[C@@H]3O[C@H](C)C[C@H](N(CCC)S(=O)(=O)c4ccc(Cl)cc4)[C@H]3O)[C@](C)(O)C[C@@H](C)CN[C@H](C)[C@@H](O)[C@](C)(O)[C@@H](CC)OC(=O)[C@@H]2C)C[C@@]1(C)OC. The van der Waals surface area contributed by atoms with Crippen molar-refractivity contribution < 1.29 is 67.2 Å². The number of aliphatic hydroxyl groups is 5. The van der Waals surface area contributed by atoms with Crippen molar-refractivity contribution in [1.29, 1.82) is 0 Å². The van der Waals surface area contributed by atoms with E-state index in [0.717, 1.165) is 6.42 Å². The van der Waals surface area contributed by atoms with Gasteiger partial charge in [-0.05, 0) is 124 Å². The predicted octanol–water partition coefficient (Wildman–Crippen LogP) is 4.12. The lowest BCUT2D eigenvalue weighted by atomic mass is 9.75. The molecule has 0 aliphatic carbocycles. The zero-order chi connectivity index (χ0) is 50.4. The van der Waals surface area contributed by atoms with Gasteiger partial charge < -0.3 is 64.6 Å². The van der Waals surface area contributed by atoms with E-state index >= 15 is 0 Å². The number of sulfonamides is 1. The molecule has 0 aromatic heterocycles. The van der Waals surface area contributed by atoms with Crippen molar-refractivity contribution in [2.45, 2.75) is 216 Å². The number of carbonyl (C=O) groups excluding carboxylic acids is 1. The molecular formula is C48H84ClN3O14S. The van der Waals surface area contributed by atoms with Crippen LogP contribution < -0.4 is 10.6 Å². The molecular weight excluding hydrogens is 910 g/mol. The third-order valence-electron chi connectivity index (χ3n) is 14.6. The molecule has 7 N–H and O–H groups in total. The molecule has 0 unspecified atom stereocenters. The lowest BCUT2D eigenvalue weighted by molar-refractivity contribution is -0.336. The molecule has 388 valence electrons. The standard InChI is InChI=1S/C48H84ClN3O14S/c1-14-21-50-27-48(58)33(9)63-38(25-46(48,11)61-13)65-40-30(6)42(45(10,56)24-28(4)26-51-32(8)41(54)47(12,57)37(16-3)64-43(55)31(40)7)66-44-39(53)36(23-29(5)62-44)52(22-15-2)67(59,60)35-19-17-34(49)18-20-35/h17-20,28-33,36-42,44,50-51,53-54,56-58H,14-16,21-27H2,1-13H3/t28-,29-,30+,31-,32-,33+,36+,37-,38+,39-,40+,41-,42-,44+,45-,46-,47-,48+/m1/s1. The first-order valence-electron chi connectivity index (χ1n) is 24.3. The molecule has 18 atom stereocenters. The highest BCUT2D eigenvalue weighted by Crippen LogP contribution is 2.43. The Morgan fingerprint density at radius 3 is 2.16 bits per heavy atom. The van der Waals surface area contributed by atoms with Crippen molar-refractivity contribution in [3.05, 3.63) is 29.3 Å². The van der Waals surface area contributed by atoms with Crippen LogP contribution in [0.5, 0.6) is 0 Å². The number of carbonyl (C=O) groups is 1. The summed E-state index contributed by atoms with van der Waals surface area (Å²) in [5, 5.41) is 67.4. The van der Waals surface area contributed by atoms with E-state index in [4.69, 9.17) is 40.0 Å². The summed E-state index contributed by atoms with van der Waals surface area (Å²) in [7, 11) is -2.67. The smallest absolute Gasteiger partial charge is 0.311 e. The van der Waals surface area contributed by atoms with Crippen LogP contribution in [0.15, 0.2) is 29.2 Å². The maximum Gasteiger partial charge on any atom is 0.311 e. The number of nitrogens with one attached hydrogen (secondary N) is 2. The normalized spacial score (nSPS) is 42.2. The number of esters is 1. The maximum absolute atomic E-state index is 14.5. The average Bonchev–Trinajstić information content (AvgIpc) is 3.26. The van der Waals surface area contributed by atoms with E-state index in [1.165, 1.54) is 42.6 Å². The largest absolute Gasteiger partial charge is 0.459 e. The molecule has 3 saturated heterocycles. The first kappa shape index (κ1) is 58.0. The zero-order valence-corrected chi connectivity index (χ0v) is 43.7. The number of rotatable bonds is 15. The molecule has 0 amide bonds. The monoisotopic (exact) mass is 994 g/mol. The van der Waals surface area contributed by atoms with Gasteiger partial charge in [-0.15, -0.1) is 0 Å². The van der Waals surface area contributed by atoms with Crippen LogP contribution in [0.1, 0.15) is 122 Å². The average molecular weight is 995 g/mol. The quantitative estimate of drug-likeness (QED) is 0.0968. The molecule has 3 heterocycles. The van der Waals surface area contributed by atoms with E-state index in [1.54, 1.807) is 55.4 Å². The Morgan fingerprint density at radius 2 is 1.58 bits per heavy atom. The lowest BCUT2D eigenvalue weighted by Crippen LogP contribution is -2.70. The van der Waals surface area contributed by atoms with Crippen LogP contribution in [0.2, 0.25) is 5.02 Å². The van der Waals surface area contributed by atoms with Crippen LogP contribution in [0.3, 0.4) is 0 Å². The minimum absolute atomic E-state index is 0.00385. The second-order valence-corrected chi connectivity index (χ2v) is 22.6. The van der Waals surface area contributed by atoms with Crippen molar-refractivity contribution in [1.82, 2.24) is 14.9 Å². The first-order valence-corrected chi connectivity index (χ1v) is 26.1. The molecule has 0 spiro atoms. The van der Waals surface area contributed by atoms with Crippen molar-refractivity contribution in [2.75, 3.05) is 33.3 Å². The van der Waals surface area contributed by atoms with Gasteiger partial charge in [0.2, 0.25) is 10.0 Å². The predicted molar refractivity (Wildman–Crippen MR) is 254 cm³/mol. The van der Waals surface area contributed by atoms with E-state index < -0.39 is 118 Å². The van der Waals surface area contributed by atoms with Crippen molar-refractivity contribution in [3.8, 4) is 0 Å². The van der Waals surface area contributed by atoms with Crippen LogP contribution in [0, 0.1) is 17.8 Å². The molecule has 0 radical (unpaired) electrons. The summed E-state index contributed by atoms with van der Waals surface area (Å²) in [5.41, 5.74) is -6.35. The van der Waals surface area contributed by atoms with Crippen LogP contribution in [-0.2, 0) is 43.2 Å². The second-order valence-electron chi connectivity index (χ2n) is 20.3. The number of nitrogens with zero attached hydrogens (tertiary/aromatic N) is 1. The highest BCUT2D eigenvalue weighted by molar-refractivity contribution is 7.89. The summed E-state index contributed by atoms with van der Waals surface area (Å²) < 4.78 is 68.5. The Bertz CT molecular complexity index is 1830. The number of hydrogen-bond acceptors (Lipinski definition) is 16. The van der Waals surface area contributed by atoms with Crippen LogP contribution in [0.25, 0.3) is 0 Å². The first-order chi connectivity index (χ1) is 31.1. The molecule has 0 bridgehead atoms. The highest BCUT2D eigenvalue weighted by atomic mass is 35.5. The number of halogens is 1. The summed E-state index contributed by atoms with van der Waals surface area (Å²) in [4.78, 5) is 14.5. The van der Waals surface area contributed by atoms with E-state index in [0.29, 0.717) is 18.0 Å². The molecule has 17 nitrogen and oxygen atoms in total. The van der Waals surface area contributed by atoms with Crippen molar-refractivity contribution in [2.24, 2.45) is 17.8 Å². The molecule has 4 rings (SSSR count). The van der Waals surface area contributed by atoms with Gasteiger partial charge in [-0.25, -0.2) is 8.42 Å². The molecule has 67 heavy (non-hydrogen) atoms. The van der Waals surface area contributed by atoms with E-state index in [1.807, 2.05) is 20.8 Å². The summed E-state index contributed by atoms with van der Waals surface area (Å²) in [5.74, 6) is -3.15. The number of benzene rings is 1. The summed E-state index contributed by atoms with van der Waals surface area (Å²) in [6.07, 6.45) is -8.90. The number of hydrogen-bond donors (Lipinski definition) is 7. The number of aliphatic hydroxyl groups excluding tert-OH is 2. The molecule has 3 aliphatic rings. The van der Waals surface area contributed by atoms with Gasteiger partial charge in [0, 0.05) is 43.6 Å². The maximum atomic E-state index is 14.5. The van der Waals surface area contributed by atoms with Gasteiger partial charge in [-0.3, -0.25) is 4.79 Å². The summed E-state index contributed by atoms with van der Waals surface area (Å²) >= 11 is 6.12. The third-order valence-corrected chi connectivity index (χ3v) is 16.8. The van der Waals surface area contributed by atoms with Gasteiger partial charge in [-0.1, -0.05) is 46.2 Å². The Labute approximate surface area is 404 Å². The van der Waals surface area contributed by atoms with Gasteiger partial charge in [-0.2, -0.15) is 4.31 Å². The van der Waals surface area contributed by atoms with E-state index in [-0.39, 0.29) is 56.1 Å². The molecule has 3 fully saturated rings. The number of ether oxygens (including phenoxy) is 6. The molecule has 3 aliphatic heterocycles. The topological polar surface area (TPSA) is 235 Å². The van der Waals surface area contributed by atoms with Crippen LogP contribution in [0.4, 0.5) is 0 Å². The fraction of sp³-hybridized carbons (Fsp3) is 0.854. The van der Waals surface area contributed by atoms with Gasteiger partial charge in [0.25, 0.3) is 0 Å². The lowest BCUT2D eigenvalue weighted by Gasteiger charge is -2.53. The summed E-state index contributed by atoms with van der Waals surface area (Å²) in [6.45, 7) is 22.0. The van der Waals surface area contributed by atoms with Crippen molar-refractivity contribution in [3.63, 3.8) is 0 Å². The Hall–Kier alpha value is -1.59. The second kappa shape index (κ2) is 23.8. The Balaban J connectivity index is 1.85. The van der Waals surface area contributed by atoms with Gasteiger partial charge in [0.05, 0.1) is 46.9 Å². The van der Waals surface area contributed by atoms with Gasteiger partial charge >= 0.3 is 5.97 Å². The van der Waals surface area contributed by atoms with Gasteiger partial charge in [0.15, 0.2) is 12.6 Å². The van der Waals surface area contributed by atoms with Crippen LogP contribution >= 0.6 is 11.6 Å². The number of methoxy groups -OCH3 is 1. The number of cyclic esters (lactones) is 1. The fourth-order valence-corrected chi connectivity index (χ4v) is 12.3. The molecule has 19 heteroatoms. The van der Waals surface area contributed by atoms with E-state index in [2.05, 4.69) is 10.6 Å². The fourth-order valence-electron chi connectivity index (χ4n) is 10.4. The molecule has 1 aromatic rings. The minimum atomic E-state index is -4.17. The van der Waals surface area contributed by atoms with Gasteiger partial charge in [0.1, 0.15) is 35.1 Å². The zero-order valence-electron chi connectivity index (χ0n) is 42.1. The minimum Gasteiger partial charge on any atom is -0.459 e. The Morgan fingerprint density at radius 1 is 0.940 bits per heavy atom. The van der Waals surface area contributed by atoms with Crippen LogP contribution in [-0.4, -0.2) is 167 Å². The molecule has 0 saturated carbocycles. The highest BCUT2D eigenvalue weighted by Gasteiger charge is 2.58. The Kier molecular flexibility index (Phi) is 20.6. The molecule has 1 aromatic carbocycles. The van der Waals surface area contributed by atoms with Crippen molar-refractivity contribution >= 4 is 27.6 Å². The van der Waals surface area contributed by atoms with E-state index in [9.17, 15) is 38.7 Å². The third kappa shape index (κ3) is 13.1. The summed E-state index contributed by atoms with van der Waals surface area (Å²) in [6, 6.07) is 4.14.